The third kappa shape index (κ3) is 3.49. The van der Waals surface area contributed by atoms with Crippen molar-refractivity contribution in [3.63, 3.8) is 0 Å². The Bertz CT molecular complexity index is 1030. The molecule has 1 aromatic carbocycles. The monoisotopic (exact) mass is 385 g/mol. The number of fused-ring (bicyclic) bond motifs is 1. The molecule has 4 rings (SSSR count). The standard InChI is InChI=1S/C20H21ClFN5/c1-11-8-12(9-20(2,3)27-11)25-19-23-7-6-16(26-19)14-10-24-18-13(14)4-5-15(21)17(18)22/h4-7,10,12,24,27H,1,8-9H2,2-3H3,(H,23,25,26). The minimum atomic E-state index is -0.455. The van der Waals surface area contributed by atoms with E-state index in [0.717, 1.165) is 29.5 Å². The zero-order valence-corrected chi connectivity index (χ0v) is 16.0. The van der Waals surface area contributed by atoms with Crippen LogP contribution in [0.15, 0.2) is 42.9 Å². The highest BCUT2D eigenvalue weighted by molar-refractivity contribution is 6.31. The van der Waals surface area contributed by atoms with Crippen molar-refractivity contribution in [1.29, 1.82) is 0 Å². The normalized spacial score (nSPS) is 19.1. The van der Waals surface area contributed by atoms with Gasteiger partial charge in [-0.15, -0.1) is 0 Å². The zero-order chi connectivity index (χ0) is 19.2. The quantitative estimate of drug-likeness (QED) is 0.601. The van der Waals surface area contributed by atoms with Gasteiger partial charge in [0, 0.05) is 47.0 Å². The molecule has 1 atom stereocenters. The van der Waals surface area contributed by atoms with Crippen molar-refractivity contribution in [1.82, 2.24) is 20.3 Å². The number of halogens is 2. The molecular formula is C20H21ClFN5. The minimum absolute atomic E-state index is 0.0295. The Hall–Kier alpha value is -2.60. The van der Waals surface area contributed by atoms with E-state index in [1.165, 1.54) is 0 Å². The third-order valence-electron chi connectivity index (χ3n) is 4.78. The molecule has 1 unspecified atom stereocenters. The Labute approximate surface area is 162 Å². The molecule has 0 spiro atoms. The molecule has 3 aromatic rings. The largest absolute Gasteiger partial charge is 0.384 e. The van der Waals surface area contributed by atoms with Gasteiger partial charge < -0.3 is 15.6 Å². The number of aromatic amines is 1. The predicted octanol–water partition coefficient (Wildman–Crippen LogP) is 4.87. The number of nitrogens with zero attached hydrogens (tertiary/aromatic N) is 2. The van der Waals surface area contributed by atoms with E-state index in [4.69, 9.17) is 11.6 Å². The summed E-state index contributed by atoms with van der Waals surface area (Å²) in [7, 11) is 0. The maximum atomic E-state index is 14.2. The Morgan fingerprint density at radius 1 is 1.33 bits per heavy atom. The lowest BCUT2D eigenvalue weighted by Crippen LogP contribution is -2.48. The van der Waals surface area contributed by atoms with E-state index in [2.05, 4.69) is 46.0 Å². The molecule has 0 amide bonds. The molecule has 1 fully saturated rings. The second-order valence-corrected chi connectivity index (χ2v) is 8.02. The molecule has 0 saturated carbocycles. The van der Waals surface area contributed by atoms with E-state index in [0.29, 0.717) is 17.2 Å². The summed E-state index contributed by atoms with van der Waals surface area (Å²) in [5, 5.41) is 7.65. The number of aromatic nitrogens is 3. The van der Waals surface area contributed by atoms with Gasteiger partial charge >= 0.3 is 0 Å². The topological polar surface area (TPSA) is 65.6 Å². The highest BCUT2D eigenvalue weighted by Crippen LogP contribution is 2.32. The van der Waals surface area contributed by atoms with Crippen LogP contribution in [-0.2, 0) is 0 Å². The molecule has 0 radical (unpaired) electrons. The van der Waals surface area contributed by atoms with Crippen LogP contribution in [0.2, 0.25) is 5.02 Å². The lowest BCUT2D eigenvalue weighted by molar-refractivity contribution is 0.324. The van der Waals surface area contributed by atoms with Gasteiger partial charge in [0.1, 0.15) is 0 Å². The number of benzene rings is 1. The van der Waals surface area contributed by atoms with Crippen molar-refractivity contribution in [3.8, 4) is 11.3 Å². The lowest BCUT2D eigenvalue weighted by Gasteiger charge is -2.38. The van der Waals surface area contributed by atoms with E-state index in [9.17, 15) is 4.39 Å². The van der Waals surface area contributed by atoms with Crippen LogP contribution < -0.4 is 10.6 Å². The Kier molecular flexibility index (Phi) is 4.30. The van der Waals surface area contributed by atoms with E-state index in [1.54, 1.807) is 24.5 Å². The van der Waals surface area contributed by atoms with Crippen LogP contribution in [0.25, 0.3) is 22.2 Å². The summed E-state index contributed by atoms with van der Waals surface area (Å²) in [5.41, 5.74) is 2.87. The Morgan fingerprint density at radius 2 is 2.15 bits per heavy atom. The molecule has 3 N–H and O–H groups in total. The summed E-state index contributed by atoms with van der Waals surface area (Å²) in [6.07, 6.45) is 5.19. The second-order valence-electron chi connectivity index (χ2n) is 7.61. The Balaban J connectivity index is 1.64. The number of rotatable bonds is 3. The molecule has 1 aliphatic rings. The van der Waals surface area contributed by atoms with E-state index >= 15 is 0 Å². The Morgan fingerprint density at radius 3 is 2.93 bits per heavy atom. The number of anilines is 1. The maximum absolute atomic E-state index is 14.2. The molecule has 27 heavy (non-hydrogen) atoms. The van der Waals surface area contributed by atoms with E-state index in [1.807, 2.05) is 6.07 Å². The van der Waals surface area contributed by atoms with Gasteiger partial charge in [-0.25, -0.2) is 14.4 Å². The molecule has 1 aliphatic heterocycles. The number of hydrogen-bond donors (Lipinski definition) is 3. The van der Waals surface area contributed by atoms with Crippen molar-refractivity contribution >= 4 is 28.5 Å². The van der Waals surface area contributed by atoms with Gasteiger partial charge in [0.15, 0.2) is 5.82 Å². The highest BCUT2D eigenvalue weighted by Gasteiger charge is 2.29. The van der Waals surface area contributed by atoms with Crippen molar-refractivity contribution in [3.05, 3.63) is 53.7 Å². The van der Waals surface area contributed by atoms with Crippen LogP contribution in [0.3, 0.4) is 0 Å². The first-order valence-corrected chi connectivity index (χ1v) is 9.21. The molecule has 7 heteroatoms. The van der Waals surface area contributed by atoms with Crippen molar-refractivity contribution < 1.29 is 4.39 Å². The maximum Gasteiger partial charge on any atom is 0.223 e. The van der Waals surface area contributed by atoms with Crippen LogP contribution in [0.4, 0.5) is 10.3 Å². The SMILES string of the molecule is C=C1CC(Nc2nccc(-c3c[nH]c4c(F)c(Cl)ccc34)n2)CC(C)(C)N1. The summed E-state index contributed by atoms with van der Waals surface area (Å²) < 4.78 is 14.2. The summed E-state index contributed by atoms with van der Waals surface area (Å²) >= 11 is 5.87. The summed E-state index contributed by atoms with van der Waals surface area (Å²) in [6, 6.07) is 5.36. The lowest BCUT2D eigenvalue weighted by atomic mass is 9.88. The number of hydrogen-bond acceptors (Lipinski definition) is 4. The van der Waals surface area contributed by atoms with Gasteiger partial charge in [0.2, 0.25) is 5.95 Å². The van der Waals surface area contributed by atoms with Crippen molar-refractivity contribution in [2.24, 2.45) is 0 Å². The third-order valence-corrected chi connectivity index (χ3v) is 5.07. The number of H-pyrrole nitrogens is 1. The van der Waals surface area contributed by atoms with Crippen LogP contribution in [0.1, 0.15) is 26.7 Å². The summed E-state index contributed by atoms with van der Waals surface area (Å²) in [4.78, 5) is 11.9. The predicted molar refractivity (Wildman–Crippen MR) is 107 cm³/mol. The van der Waals surface area contributed by atoms with Crippen LogP contribution >= 0.6 is 11.6 Å². The van der Waals surface area contributed by atoms with Crippen molar-refractivity contribution in [2.75, 3.05) is 5.32 Å². The summed E-state index contributed by atoms with van der Waals surface area (Å²) in [6.45, 7) is 8.36. The molecule has 0 aliphatic carbocycles. The first-order valence-electron chi connectivity index (χ1n) is 8.83. The number of nitrogens with one attached hydrogen (secondary N) is 3. The fourth-order valence-corrected chi connectivity index (χ4v) is 3.94. The summed E-state index contributed by atoms with van der Waals surface area (Å²) in [5.74, 6) is 0.0926. The fraction of sp³-hybridized carbons (Fsp3) is 0.300. The van der Waals surface area contributed by atoms with Gasteiger partial charge in [0.05, 0.1) is 16.2 Å². The van der Waals surface area contributed by atoms with Crippen LogP contribution in [-0.4, -0.2) is 26.5 Å². The van der Waals surface area contributed by atoms with Crippen molar-refractivity contribution in [2.45, 2.75) is 38.3 Å². The molecule has 2 aromatic heterocycles. The molecule has 5 nitrogen and oxygen atoms in total. The second kappa shape index (κ2) is 6.53. The van der Waals surface area contributed by atoms with Gasteiger partial charge in [-0.1, -0.05) is 24.2 Å². The van der Waals surface area contributed by atoms with E-state index in [-0.39, 0.29) is 16.6 Å². The molecular weight excluding hydrogens is 365 g/mol. The molecule has 1 saturated heterocycles. The molecule has 3 heterocycles. The van der Waals surface area contributed by atoms with E-state index < -0.39 is 5.82 Å². The van der Waals surface area contributed by atoms with Gasteiger partial charge in [-0.2, -0.15) is 0 Å². The van der Waals surface area contributed by atoms with Crippen LogP contribution in [0, 0.1) is 5.82 Å². The average molecular weight is 386 g/mol. The smallest absolute Gasteiger partial charge is 0.223 e. The average Bonchev–Trinajstić information content (AvgIpc) is 3.01. The molecule has 140 valence electrons. The zero-order valence-electron chi connectivity index (χ0n) is 15.2. The highest BCUT2D eigenvalue weighted by atomic mass is 35.5. The van der Waals surface area contributed by atoms with Crippen LogP contribution in [0.5, 0.6) is 0 Å². The first-order chi connectivity index (χ1) is 12.8. The minimum Gasteiger partial charge on any atom is -0.384 e. The van der Waals surface area contributed by atoms with Gasteiger partial charge in [0.25, 0.3) is 0 Å². The van der Waals surface area contributed by atoms with Gasteiger partial charge in [-0.05, 0) is 32.4 Å². The fourth-order valence-electron chi connectivity index (χ4n) is 3.78. The molecule has 0 bridgehead atoms. The first kappa shape index (κ1) is 17.8. The van der Waals surface area contributed by atoms with Gasteiger partial charge in [-0.3, -0.25) is 0 Å². The number of piperidine rings is 1.